The van der Waals surface area contributed by atoms with Crippen LogP contribution in [0.2, 0.25) is 10.0 Å². The smallest absolute Gasteiger partial charge is 0.340 e. The van der Waals surface area contributed by atoms with Crippen LogP contribution in [0, 0.1) is 0 Å². The van der Waals surface area contributed by atoms with E-state index >= 15 is 0 Å². The van der Waals surface area contributed by atoms with Crippen LogP contribution in [-0.4, -0.2) is 31.8 Å². The third-order valence-corrected chi connectivity index (χ3v) is 6.83. The van der Waals surface area contributed by atoms with Gasteiger partial charge in [-0.3, -0.25) is 0 Å². The van der Waals surface area contributed by atoms with Gasteiger partial charge in [-0.2, -0.15) is 4.31 Å². The molecule has 1 saturated heterocycles. The minimum Gasteiger partial charge on any atom is -0.457 e. The zero-order valence-corrected chi connectivity index (χ0v) is 16.9. The third-order valence-electron chi connectivity index (χ3n) is 4.37. The quantitative estimate of drug-likeness (QED) is 0.657. The van der Waals surface area contributed by atoms with Gasteiger partial charge < -0.3 is 4.74 Å². The molecule has 0 aliphatic carbocycles. The second-order valence-corrected chi connectivity index (χ2v) is 9.09. The van der Waals surface area contributed by atoms with Crippen molar-refractivity contribution in [2.24, 2.45) is 0 Å². The fourth-order valence-electron chi connectivity index (χ4n) is 2.93. The molecule has 1 fully saturated rings. The Hall–Kier alpha value is -1.60. The molecular weight excluding hydrogens is 409 g/mol. The highest BCUT2D eigenvalue weighted by Crippen LogP contribution is 2.26. The number of carbonyl (C=O) groups excluding carboxylic acids is 1. The van der Waals surface area contributed by atoms with Crippen LogP contribution in [0.5, 0.6) is 0 Å². The van der Waals surface area contributed by atoms with Crippen LogP contribution in [-0.2, 0) is 21.4 Å². The molecule has 0 spiro atoms. The molecule has 0 bridgehead atoms. The Morgan fingerprint density at radius 2 is 1.78 bits per heavy atom. The monoisotopic (exact) mass is 427 g/mol. The van der Waals surface area contributed by atoms with Crippen molar-refractivity contribution in [3.05, 3.63) is 63.6 Å². The summed E-state index contributed by atoms with van der Waals surface area (Å²) in [6.07, 6.45) is 2.69. The molecule has 0 N–H and O–H groups in total. The predicted octanol–water partition coefficient (Wildman–Crippen LogP) is 4.53. The van der Waals surface area contributed by atoms with Crippen LogP contribution in [0.1, 0.15) is 35.2 Å². The van der Waals surface area contributed by atoms with Crippen molar-refractivity contribution in [2.75, 3.05) is 13.1 Å². The van der Waals surface area contributed by atoms with Gasteiger partial charge in [0.05, 0.1) is 15.5 Å². The lowest BCUT2D eigenvalue weighted by Crippen LogP contribution is -2.35. The van der Waals surface area contributed by atoms with Crippen LogP contribution in [0.15, 0.2) is 47.4 Å². The fourth-order valence-corrected chi connectivity index (χ4v) is 4.88. The van der Waals surface area contributed by atoms with Crippen molar-refractivity contribution in [1.82, 2.24) is 4.31 Å². The van der Waals surface area contributed by atoms with Gasteiger partial charge in [-0.25, -0.2) is 13.2 Å². The molecule has 0 amide bonds. The summed E-state index contributed by atoms with van der Waals surface area (Å²) in [6.45, 7) is 0.984. The zero-order chi connectivity index (χ0) is 19.4. The van der Waals surface area contributed by atoms with E-state index in [9.17, 15) is 13.2 Å². The summed E-state index contributed by atoms with van der Waals surface area (Å²) in [4.78, 5) is 12.5. The van der Waals surface area contributed by atoms with E-state index in [4.69, 9.17) is 27.9 Å². The first-order valence-corrected chi connectivity index (χ1v) is 10.8. The van der Waals surface area contributed by atoms with E-state index in [1.54, 1.807) is 24.3 Å². The van der Waals surface area contributed by atoms with Crippen LogP contribution < -0.4 is 0 Å². The molecule has 2 aromatic rings. The van der Waals surface area contributed by atoms with Crippen LogP contribution in [0.4, 0.5) is 0 Å². The lowest BCUT2D eigenvalue weighted by atomic mass is 10.2. The van der Waals surface area contributed by atoms with Crippen molar-refractivity contribution >= 4 is 39.2 Å². The standard InChI is InChI=1S/C19H19Cl2NO4S/c20-15-6-4-5-14(11-15)13-26-19(23)17-12-16(7-8-18(17)21)27(24,25)22-9-2-1-3-10-22/h4-8,11-12H,1-3,9-10,13H2. The highest BCUT2D eigenvalue weighted by molar-refractivity contribution is 7.89. The number of hydrogen-bond acceptors (Lipinski definition) is 4. The van der Waals surface area contributed by atoms with Gasteiger partial charge >= 0.3 is 5.97 Å². The SMILES string of the molecule is O=C(OCc1cccc(Cl)c1)c1cc(S(=O)(=O)N2CCCCC2)ccc1Cl. The van der Waals surface area contributed by atoms with E-state index in [0.29, 0.717) is 18.1 Å². The molecule has 2 aromatic carbocycles. The van der Waals surface area contributed by atoms with Crippen molar-refractivity contribution in [2.45, 2.75) is 30.8 Å². The molecule has 0 aromatic heterocycles. The maximum atomic E-state index is 12.8. The average molecular weight is 428 g/mol. The molecule has 1 aliphatic heterocycles. The van der Waals surface area contributed by atoms with E-state index in [-0.39, 0.29) is 22.1 Å². The topological polar surface area (TPSA) is 63.7 Å². The molecule has 27 heavy (non-hydrogen) atoms. The first-order chi connectivity index (χ1) is 12.9. The van der Waals surface area contributed by atoms with Gasteiger partial charge in [-0.05, 0) is 48.7 Å². The summed E-state index contributed by atoms with van der Waals surface area (Å²) in [6, 6.07) is 11.1. The van der Waals surface area contributed by atoms with E-state index in [1.165, 1.54) is 22.5 Å². The highest BCUT2D eigenvalue weighted by Gasteiger charge is 2.27. The van der Waals surface area contributed by atoms with Gasteiger partial charge in [0.25, 0.3) is 0 Å². The van der Waals surface area contributed by atoms with Crippen molar-refractivity contribution < 1.29 is 17.9 Å². The van der Waals surface area contributed by atoms with Crippen LogP contribution >= 0.6 is 23.2 Å². The molecule has 0 atom stereocenters. The zero-order valence-electron chi connectivity index (χ0n) is 14.5. The Morgan fingerprint density at radius 1 is 1.04 bits per heavy atom. The molecule has 1 aliphatic rings. The highest BCUT2D eigenvalue weighted by atomic mass is 35.5. The second-order valence-electron chi connectivity index (χ2n) is 6.31. The Labute approximate surface area is 168 Å². The minimum atomic E-state index is -3.66. The Morgan fingerprint density at radius 3 is 2.48 bits per heavy atom. The summed E-state index contributed by atoms with van der Waals surface area (Å²) in [5.41, 5.74) is 0.751. The first-order valence-electron chi connectivity index (χ1n) is 8.59. The maximum absolute atomic E-state index is 12.8. The molecule has 0 radical (unpaired) electrons. The number of piperidine rings is 1. The van der Waals surface area contributed by atoms with E-state index in [1.807, 2.05) is 0 Å². The summed E-state index contributed by atoms with van der Waals surface area (Å²) in [5, 5.41) is 0.680. The van der Waals surface area contributed by atoms with Gasteiger partial charge in [0, 0.05) is 18.1 Å². The number of ether oxygens (including phenoxy) is 1. The predicted molar refractivity (Wildman–Crippen MR) is 105 cm³/mol. The summed E-state index contributed by atoms with van der Waals surface area (Å²) in [7, 11) is -3.66. The Balaban J connectivity index is 1.79. The molecule has 0 unspecified atom stereocenters. The number of benzene rings is 2. The van der Waals surface area contributed by atoms with Gasteiger partial charge in [0.15, 0.2) is 0 Å². The number of esters is 1. The van der Waals surface area contributed by atoms with Gasteiger partial charge in [0.1, 0.15) is 6.61 Å². The summed E-state index contributed by atoms with van der Waals surface area (Å²) >= 11 is 12.0. The normalized spacial score (nSPS) is 15.5. The van der Waals surface area contributed by atoms with Gasteiger partial charge in [-0.1, -0.05) is 41.8 Å². The Kier molecular flexibility index (Phi) is 6.42. The Bertz CT molecular complexity index is 940. The molecule has 1 heterocycles. The van der Waals surface area contributed by atoms with E-state index in [2.05, 4.69) is 0 Å². The number of nitrogens with zero attached hydrogens (tertiary/aromatic N) is 1. The minimum absolute atomic E-state index is 0.0127. The van der Waals surface area contributed by atoms with Crippen molar-refractivity contribution in [1.29, 1.82) is 0 Å². The van der Waals surface area contributed by atoms with Crippen LogP contribution in [0.3, 0.4) is 0 Å². The fraction of sp³-hybridized carbons (Fsp3) is 0.316. The maximum Gasteiger partial charge on any atom is 0.340 e. The average Bonchev–Trinajstić information content (AvgIpc) is 2.67. The van der Waals surface area contributed by atoms with Crippen LogP contribution in [0.25, 0.3) is 0 Å². The van der Waals surface area contributed by atoms with Gasteiger partial charge in [-0.15, -0.1) is 0 Å². The number of rotatable bonds is 5. The summed E-state index contributed by atoms with van der Waals surface area (Å²) < 4.78 is 32.3. The number of hydrogen-bond donors (Lipinski definition) is 0. The molecule has 144 valence electrons. The van der Waals surface area contributed by atoms with E-state index < -0.39 is 16.0 Å². The largest absolute Gasteiger partial charge is 0.457 e. The number of sulfonamides is 1. The molecular formula is C19H19Cl2NO4S. The molecule has 0 saturated carbocycles. The summed E-state index contributed by atoms with van der Waals surface area (Å²) in [5.74, 6) is -0.685. The second kappa shape index (κ2) is 8.61. The molecule has 8 heteroatoms. The first kappa shape index (κ1) is 20.1. The lowest BCUT2D eigenvalue weighted by Gasteiger charge is -2.26. The van der Waals surface area contributed by atoms with E-state index in [0.717, 1.165) is 24.8 Å². The van der Waals surface area contributed by atoms with Crippen molar-refractivity contribution in [3.8, 4) is 0 Å². The molecule has 3 rings (SSSR count). The van der Waals surface area contributed by atoms with Crippen molar-refractivity contribution in [3.63, 3.8) is 0 Å². The number of halogens is 2. The third kappa shape index (κ3) is 4.82. The lowest BCUT2D eigenvalue weighted by molar-refractivity contribution is 0.0472. The number of carbonyl (C=O) groups is 1. The molecule has 5 nitrogen and oxygen atoms in total. The van der Waals surface area contributed by atoms with Gasteiger partial charge in [0.2, 0.25) is 10.0 Å².